The molecule has 1 heterocycles. The highest BCUT2D eigenvalue weighted by atomic mass is 32.2. The van der Waals surface area contributed by atoms with E-state index in [0.717, 1.165) is 25.1 Å². The Kier molecular flexibility index (Phi) is 5.58. The third kappa shape index (κ3) is 4.72. The molecule has 0 aromatic carbocycles. The predicted molar refractivity (Wildman–Crippen MR) is 65.6 cm³/mol. The Bertz CT molecular complexity index is 233. The molecule has 0 aliphatic carbocycles. The monoisotopic (exact) mass is 247 g/mol. The minimum absolute atomic E-state index is 0.126. The summed E-state index contributed by atoms with van der Waals surface area (Å²) in [5.74, 6) is 1.45. The zero-order chi connectivity index (χ0) is 12.0. The molecule has 1 fully saturated rings. The molecular weight excluding hydrogens is 226 g/mol. The Labute approximate surface area is 101 Å². The maximum Gasteiger partial charge on any atom is 0.232 e. The Morgan fingerprint density at radius 2 is 2.38 bits per heavy atom. The number of aliphatic hydroxyl groups is 1. The number of ether oxygens (including phenoxy) is 1. The highest BCUT2D eigenvalue weighted by Crippen LogP contribution is 2.20. The Morgan fingerprint density at radius 3 is 3.00 bits per heavy atom. The molecule has 94 valence electrons. The maximum atomic E-state index is 11.8. The summed E-state index contributed by atoms with van der Waals surface area (Å²) in [5, 5.41) is 9.88. The van der Waals surface area contributed by atoms with Crippen LogP contribution in [0.4, 0.5) is 0 Å². The fraction of sp³-hybridized carbons (Fsp3) is 0.909. The first kappa shape index (κ1) is 13.8. The first-order valence-corrected chi connectivity index (χ1v) is 6.77. The van der Waals surface area contributed by atoms with Crippen molar-refractivity contribution in [1.29, 1.82) is 0 Å². The molecule has 1 saturated heterocycles. The average Bonchev–Trinajstić information content (AvgIpc) is 2.22. The number of piperidine rings is 1. The van der Waals surface area contributed by atoms with E-state index in [1.54, 1.807) is 30.7 Å². The third-order valence-electron chi connectivity index (χ3n) is 2.68. The molecule has 0 bridgehead atoms. The van der Waals surface area contributed by atoms with Crippen LogP contribution < -0.4 is 0 Å². The number of amides is 1. The first-order valence-electron chi connectivity index (χ1n) is 5.62. The van der Waals surface area contributed by atoms with Gasteiger partial charge in [-0.25, -0.2) is 0 Å². The van der Waals surface area contributed by atoms with Gasteiger partial charge in [-0.2, -0.15) is 0 Å². The molecule has 0 aromatic rings. The van der Waals surface area contributed by atoms with Crippen LogP contribution in [0.15, 0.2) is 0 Å². The van der Waals surface area contributed by atoms with Gasteiger partial charge in [0.05, 0.1) is 18.0 Å². The topological polar surface area (TPSA) is 49.8 Å². The van der Waals surface area contributed by atoms with E-state index in [4.69, 9.17) is 4.74 Å². The van der Waals surface area contributed by atoms with Crippen LogP contribution in [-0.2, 0) is 9.53 Å². The van der Waals surface area contributed by atoms with Crippen LogP contribution >= 0.6 is 11.8 Å². The summed E-state index contributed by atoms with van der Waals surface area (Å²) in [6.07, 6.45) is 1.68. The molecule has 0 aromatic heterocycles. The Hall–Kier alpha value is -0.260. The van der Waals surface area contributed by atoms with E-state index in [0.29, 0.717) is 18.9 Å². The van der Waals surface area contributed by atoms with Crippen molar-refractivity contribution in [3.8, 4) is 0 Å². The highest BCUT2D eigenvalue weighted by Gasteiger charge is 2.30. The zero-order valence-electron chi connectivity index (χ0n) is 10.1. The van der Waals surface area contributed by atoms with Crippen molar-refractivity contribution in [3.05, 3.63) is 0 Å². The number of methoxy groups -OCH3 is 1. The van der Waals surface area contributed by atoms with E-state index in [-0.39, 0.29) is 5.91 Å². The second-order valence-corrected chi connectivity index (χ2v) is 5.57. The van der Waals surface area contributed by atoms with Gasteiger partial charge < -0.3 is 14.7 Å². The van der Waals surface area contributed by atoms with E-state index >= 15 is 0 Å². The third-order valence-corrected chi connectivity index (χ3v) is 3.59. The van der Waals surface area contributed by atoms with Crippen LogP contribution in [0.1, 0.15) is 19.8 Å². The lowest BCUT2D eigenvalue weighted by atomic mass is 9.95. The SMILES string of the molecule is COCCSCC(=O)N1CCCC(C)(O)C1. The molecule has 1 unspecified atom stereocenters. The molecule has 1 amide bonds. The molecule has 16 heavy (non-hydrogen) atoms. The summed E-state index contributed by atoms with van der Waals surface area (Å²) >= 11 is 1.58. The van der Waals surface area contributed by atoms with Crippen molar-refractivity contribution in [2.24, 2.45) is 0 Å². The number of carbonyl (C=O) groups is 1. The number of thioether (sulfide) groups is 1. The lowest BCUT2D eigenvalue weighted by Gasteiger charge is -2.36. The number of likely N-dealkylation sites (tertiary alicyclic amines) is 1. The van der Waals surface area contributed by atoms with Gasteiger partial charge in [0.2, 0.25) is 5.91 Å². The number of β-amino-alcohol motifs (C(OH)–C–C–N with tert-alkyl or cyclic N) is 1. The summed E-state index contributed by atoms with van der Waals surface area (Å²) in [7, 11) is 1.66. The van der Waals surface area contributed by atoms with Gasteiger partial charge >= 0.3 is 0 Å². The molecule has 5 heteroatoms. The van der Waals surface area contributed by atoms with Crippen LogP contribution in [0.3, 0.4) is 0 Å². The van der Waals surface area contributed by atoms with Gasteiger partial charge in [0.15, 0.2) is 0 Å². The van der Waals surface area contributed by atoms with Crippen molar-refractivity contribution in [1.82, 2.24) is 4.90 Å². The summed E-state index contributed by atoms with van der Waals surface area (Å²) in [6.45, 7) is 3.72. The Balaban J connectivity index is 2.25. The van der Waals surface area contributed by atoms with Crippen LogP contribution in [0.2, 0.25) is 0 Å². The van der Waals surface area contributed by atoms with Gasteiger partial charge in [-0.3, -0.25) is 4.79 Å². The van der Waals surface area contributed by atoms with Crippen LogP contribution in [0, 0.1) is 0 Å². The van der Waals surface area contributed by atoms with Crippen LogP contribution in [0.25, 0.3) is 0 Å². The van der Waals surface area contributed by atoms with Crippen molar-refractivity contribution in [2.75, 3.05) is 38.3 Å². The van der Waals surface area contributed by atoms with Gasteiger partial charge in [0.1, 0.15) is 0 Å². The summed E-state index contributed by atoms with van der Waals surface area (Å²) in [6, 6.07) is 0. The predicted octanol–water partition coefficient (Wildman–Crippen LogP) is 0.739. The minimum atomic E-state index is -0.703. The van der Waals surface area contributed by atoms with Crippen LogP contribution in [-0.4, -0.2) is 59.8 Å². The Morgan fingerprint density at radius 1 is 1.62 bits per heavy atom. The van der Waals surface area contributed by atoms with Crippen molar-refractivity contribution in [2.45, 2.75) is 25.4 Å². The maximum absolute atomic E-state index is 11.8. The van der Waals surface area contributed by atoms with Crippen molar-refractivity contribution < 1.29 is 14.6 Å². The molecule has 0 spiro atoms. The van der Waals surface area contributed by atoms with E-state index in [1.807, 2.05) is 0 Å². The molecule has 0 radical (unpaired) electrons. The van der Waals surface area contributed by atoms with Gasteiger partial charge in [-0.05, 0) is 19.8 Å². The normalized spacial score (nSPS) is 25.8. The smallest absolute Gasteiger partial charge is 0.232 e. The highest BCUT2D eigenvalue weighted by molar-refractivity contribution is 7.99. The molecular formula is C11H21NO3S. The minimum Gasteiger partial charge on any atom is -0.388 e. The number of carbonyl (C=O) groups excluding carboxylic acids is 1. The van der Waals surface area contributed by atoms with Crippen molar-refractivity contribution in [3.63, 3.8) is 0 Å². The van der Waals surface area contributed by atoms with E-state index in [9.17, 15) is 9.90 Å². The molecule has 1 aliphatic heterocycles. The lowest BCUT2D eigenvalue weighted by Crippen LogP contribution is -2.49. The van der Waals surface area contributed by atoms with E-state index in [1.165, 1.54) is 0 Å². The average molecular weight is 247 g/mol. The van der Waals surface area contributed by atoms with Gasteiger partial charge in [0, 0.05) is 26.0 Å². The summed E-state index contributed by atoms with van der Waals surface area (Å²) in [5.41, 5.74) is -0.703. The molecule has 0 saturated carbocycles. The lowest BCUT2D eigenvalue weighted by molar-refractivity contribution is -0.134. The second-order valence-electron chi connectivity index (χ2n) is 4.46. The van der Waals surface area contributed by atoms with Gasteiger partial charge in [-0.1, -0.05) is 0 Å². The van der Waals surface area contributed by atoms with Crippen LogP contribution in [0.5, 0.6) is 0 Å². The van der Waals surface area contributed by atoms with E-state index in [2.05, 4.69) is 0 Å². The zero-order valence-corrected chi connectivity index (χ0v) is 10.9. The van der Waals surface area contributed by atoms with Gasteiger partial charge in [0.25, 0.3) is 0 Å². The molecule has 4 nitrogen and oxygen atoms in total. The fourth-order valence-electron chi connectivity index (χ4n) is 1.83. The fourth-order valence-corrected chi connectivity index (χ4v) is 2.61. The van der Waals surface area contributed by atoms with Crippen molar-refractivity contribution >= 4 is 17.7 Å². The molecule has 1 rings (SSSR count). The summed E-state index contributed by atoms with van der Waals surface area (Å²) in [4.78, 5) is 13.6. The van der Waals surface area contributed by atoms with E-state index < -0.39 is 5.60 Å². The summed E-state index contributed by atoms with van der Waals surface area (Å²) < 4.78 is 4.92. The number of hydrogen-bond acceptors (Lipinski definition) is 4. The largest absolute Gasteiger partial charge is 0.388 e. The quantitative estimate of drug-likeness (QED) is 0.728. The van der Waals surface area contributed by atoms with Gasteiger partial charge in [-0.15, -0.1) is 11.8 Å². The molecule has 1 aliphatic rings. The number of nitrogens with zero attached hydrogens (tertiary/aromatic N) is 1. The molecule has 1 N–H and O–H groups in total. The molecule has 1 atom stereocenters. The standard InChI is InChI=1S/C11H21NO3S/c1-11(14)4-3-5-12(9-11)10(13)8-16-7-6-15-2/h14H,3-9H2,1-2H3. The number of hydrogen-bond donors (Lipinski definition) is 1. The first-order chi connectivity index (χ1) is 7.55. The number of rotatable bonds is 5. The second kappa shape index (κ2) is 6.47.